The molecule has 0 radical (unpaired) electrons. The number of hydrogen-bond acceptors (Lipinski definition) is 2. The van der Waals surface area contributed by atoms with Crippen LogP contribution < -0.4 is 5.32 Å². The first-order chi connectivity index (χ1) is 11.5. The van der Waals surface area contributed by atoms with Gasteiger partial charge in [0.25, 0.3) is 0 Å². The van der Waals surface area contributed by atoms with Gasteiger partial charge in [-0.15, -0.1) is 0 Å². The van der Waals surface area contributed by atoms with Crippen molar-refractivity contribution in [2.24, 2.45) is 0 Å². The van der Waals surface area contributed by atoms with Crippen molar-refractivity contribution in [3.63, 3.8) is 0 Å². The van der Waals surface area contributed by atoms with Crippen LogP contribution in [0.25, 0.3) is 11.0 Å². The minimum Gasteiger partial charge on any atom is -0.323 e. The van der Waals surface area contributed by atoms with Gasteiger partial charge in [0.2, 0.25) is 0 Å². The van der Waals surface area contributed by atoms with Gasteiger partial charge in [-0.2, -0.15) is 0 Å². The number of nitrogens with one attached hydrogen (secondary N) is 1. The second-order valence-electron chi connectivity index (χ2n) is 7.40. The van der Waals surface area contributed by atoms with Crippen molar-refractivity contribution < 1.29 is 0 Å². The molecule has 0 amide bonds. The highest BCUT2D eigenvalue weighted by atomic mass is 15.1. The van der Waals surface area contributed by atoms with Crippen molar-refractivity contribution in [1.82, 2.24) is 14.9 Å². The number of rotatable bonds is 5. The SMILES string of the molecule is CNCCc1nc2ccccc2n1Cc1ccc(C(C)(C)C)cc1. The van der Waals surface area contributed by atoms with Crippen LogP contribution in [0.15, 0.2) is 48.5 Å². The summed E-state index contributed by atoms with van der Waals surface area (Å²) in [5.74, 6) is 1.14. The Labute approximate surface area is 144 Å². The van der Waals surface area contributed by atoms with E-state index in [9.17, 15) is 0 Å². The summed E-state index contributed by atoms with van der Waals surface area (Å²) < 4.78 is 2.35. The van der Waals surface area contributed by atoms with Crippen molar-refractivity contribution >= 4 is 11.0 Å². The third-order valence-electron chi connectivity index (χ3n) is 4.49. The summed E-state index contributed by atoms with van der Waals surface area (Å²) in [6.45, 7) is 8.56. The minimum absolute atomic E-state index is 0.193. The molecule has 0 aliphatic heterocycles. The van der Waals surface area contributed by atoms with Gasteiger partial charge in [-0.1, -0.05) is 57.2 Å². The lowest BCUT2D eigenvalue weighted by atomic mass is 9.87. The second kappa shape index (κ2) is 6.78. The molecule has 0 fully saturated rings. The Hall–Kier alpha value is -2.13. The highest BCUT2D eigenvalue weighted by Crippen LogP contribution is 2.23. The predicted octanol–water partition coefficient (Wildman–Crippen LogP) is 4.14. The highest BCUT2D eigenvalue weighted by Gasteiger charge is 2.14. The largest absolute Gasteiger partial charge is 0.323 e. The number of benzene rings is 2. The second-order valence-corrected chi connectivity index (χ2v) is 7.40. The number of fused-ring (bicyclic) bond motifs is 1. The summed E-state index contributed by atoms with van der Waals surface area (Å²) >= 11 is 0. The first-order valence-corrected chi connectivity index (χ1v) is 8.67. The zero-order valence-corrected chi connectivity index (χ0v) is 15.1. The summed E-state index contributed by atoms with van der Waals surface area (Å²) in [5.41, 5.74) is 5.17. The Bertz CT molecular complexity index is 807. The third kappa shape index (κ3) is 3.51. The molecule has 0 atom stereocenters. The maximum Gasteiger partial charge on any atom is 0.111 e. The highest BCUT2D eigenvalue weighted by molar-refractivity contribution is 5.76. The van der Waals surface area contributed by atoms with Crippen molar-refractivity contribution in [2.45, 2.75) is 39.2 Å². The van der Waals surface area contributed by atoms with Crippen molar-refractivity contribution in [2.75, 3.05) is 13.6 Å². The summed E-state index contributed by atoms with van der Waals surface area (Å²) in [6.07, 6.45) is 0.936. The molecule has 3 heteroatoms. The molecule has 0 bridgehead atoms. The van der Waals surface area contributed by atoms with E-state index in [1.54, 1.807) is 0 Å². The smallest absolute Gasteiger partial charge is 0.111 e. The van der Waals surface area contributed by atoms with E-state index >= 15 is 0 Å². The van der Waals surface area contributed by atoms with Crippen LogP contribution in [0.3, 0.4) is 0 Å². The van der Waals surface area contributed by atoms with Gasteiger partial charge in [0.15, 0.2) is 0 Å². The monoisotopic (exact) mass is 321 g/mol. The number of likely N-dealkylation sites (N-methyl/N-ethyl adjacent to an activating group) is 1. The van der Waals surface area contributed by atoms with Crippen LogP contribution in [-0.2, 0) is 18.4 Å². The van der Waals surface area contributed by atoms with E-state index in [4.69, 9.17) is 4.98 Å². The van der Waals surface area contributed by atoms with Crippen LogP contribution >= 0.6 is 0 Å². The lowest BCUT2D eigenvalue weighted by Gasteiger charge is -2.19. The first-order valence-electron chi connectivity index (χ1n) is 8.67. The molecule has 2 aromatic carbocycles. The van der Waals surface area contributed by atoms with Crippen LogP contribution in [-0.4, -0.2) is 23.1 Å². The van der Waals surface area contributed by atoms with Crippen LogP contribution in [0, 0.1) is 0 Å². The van der Waals surface area contributed by atoms with Crippen LogP contribution in [0.1, 0.15) is 37.7 Å². The molecule has 1 aromatic heterocycles. The number of aromatic nitrogens is 2. The first kappa shape index (κ1) is 16.7. The Morgan fingerprint density at radius 2 is 1.71 bits per heavy atom. The maximum absolute atomic E-state index is 4.83. The fourth-order valence-corrected chi connectivity index (χ4v) is 3.02. The van der Waals surface area contributed by atoms with E-state index in [0.717, 1.165) is 30.9 Å². The van der Waals surface area contributed by atoms with E-state index < -0.39 is 0 Å². The normalized spacial score (nSPS) is 12.0. The number of hydrogen-bond donors (Lipinski definition) is 1. The van der Waals surface area contributed by atoms with Crippen molar-refractivity contribution in [1.29, 1.82) is 0 Å². The summed E-state index contributed by atoms with van der Waals surface area (Å²) in [5, 5.41) is 3.22. The zero-order valence-electron chi connectivity index (χ0n) is 15.1. The Kier molecular flexibility index (Phi) is 4.72. The van der Waals surface area contributed by atoms with Crippen molar-refractivity contribution in [3.8, 4) is 0 Å². The quantitative estimate of drug-likeness (QED) is 0.765. The predicted molar refractivity (Wildman–Crippen MR) is 102 cm³/mol. The van der Waals surface area contributed by atoms with E-state index in [2.05, 4.69) is 79.2 Å². The third-order valence-corrected chi connectivity index (χ3v) is 4.49. The fraction of sp³-hybridized carbons (Fsp3) is 0.381. The molecule has 126 valence electrons. The molecular weight excluding hydrogens is 294 g/mol. The van der Waals surface area contributed by atoms with E-state index in [1.165, 1.54) is 16.6 Å². The molecule has 0 saturated heterocycles. The van der Waals surface area contributed by atoms with E-state index in [0.29, 0.717) is 0 Å². The Balaban J connectivity index is 1.93. The van der Waals surface area contributed by atoms with Crippen LogP contribution in [0.5, 0.6) is 0 Å². The Morgan fingerprint density at radius 3 is 2.38 bits per heavy atom. The summed E-state index contributed by atoms with van der Waals surface area (Å²) in [4.78, 5) is 4.83. The molecule has 3 rings (SSSR count). The molecule has 0 spiro atoms. The van der Waals surface area contributed by atoms with Gasteiger partial charge in [0, 0.05) is 19.5 Å². The molecule has 3 nitrogen and oxygen atoms in total. The van der Waals surface area contributed by atoms with Gasteiger partial charge < -0.3 is 9.88 Å². The Morgan fingerprint density at radius 1 is 1.00 bits per heavy atom. The molecular formula is C21H27N3. The van der Waals surface area contributed by atoms with E-state index in [1.807, 2.05) is 7.05 Å². The molecule has 0 aliphatic rings. The maximum atomic E-state index is 4.83. The van der Waals surface area contributed by atoms with Gasteiger partial charge in [-0.3, -0.25) is 0 Å². The minimum atomic E-state index is 0.193. The van der Waals surface area contributed by atoms with Crippen LogP contribution in [0.2, 0.25) is 0 Å². The number of nitrogens with zero attached hydrogens (tertiary/aromatic N) is 2. The molecule has 0 unspecified atom stereocenters. The molecule has 0 saturated carbocycles. The average molecular weight is 321 g/mol. The topological polar surface area (TPSA) is 29.9 Å². The molecule has 1 N–H and O–H groups in total. The molecule has 1 heterocycles. The number of imidazole rings is 1. The van der Waals surface area contributed by atoms with Crippen molar-refractivity contribution in [3.05, 3.63) is 65.5 Å². The van der Waals surface area contributed by atoms with Gasteiger partial charge in [-0.25, -0.2) is 4.98 Å². The average Bonchev–Trinajstić information content (AvgIpc) is 2.90. The molecule has 3 aromatic rings. The van der Waals surface area contributed by atoms with E-state index in [-0.39, 0.29) is 5.41 Å². The standard InChI is InChI=1S/C21H27N3/c1-21(2,3)17-11-9-16(10-12-17)15-24-19-8-6-5-7-18(19)23-20(24)13-14-22-4/h5-12,22H,13-15H2,1-4H3. The molecule has 0 aliphatic carbocycles. The van der Waals surface area contributed by atoms with Gasteiger partial charge in [0.1, 0.15) is 5.82 Å². The van der Waals surface area contributed by atoms with Gasteiger partial charge in [0.05, 0.1) is 11.0 Å². The molecule has 24 heavy (non-hydrogen) atoms. The lowest BCUT2D eigenvalue weighted by molar-refractivity contribution is 0.589. The lowest BCUT2D eigenvalue weighted by Crippen LogP contribution is -2.15. The number of para-hydroxylation sites is 2. The summed E-state index contributed by atoms with van der Waals surface area (Å²) in [6, 6.07) is 17.4. The zero-order chi connectivity index (χ0) is 17.2. The fourth-order valence-electron chi connectivity index (χ4n) is 3.02. The summed E-state index contributed by atoms with van der Waals surface area (Å²) in [7, 11) is 1.98. The van der Waals surface area contributed by atoms with Gasteiger partial charge in [-0.05, 0) is 35.7 Å². The van der Waals surface area contributed by atoms with Crippen LogP contribution in [0.4, 0.5) is 0 Å². The van der Waals surface area contributed by atoms with Gasteiger partial charge >= 0.3 is 0 Å².